The molecule has 4 aromatic rings. The molecule has 0 aliphatic carbocycles. The maximum atomic E-state index is 5.61. The number of fused-ring (bicyclic) bond motifs is 2. The Hall–Kier alpha value is -3.17. The standard InChI is InChI=1S/C27H35N7O2/c1-17(2)25-21-13-24(33-8-4-19(5-9-33)31-20-6-10-36-11-7-20)28-14-22(21)32-26(25)18-12-23(35-3)27-29-16-30-34(27)15-18/h12-17,19-20,31-32H,4-11H2,1-3H3. The minimum absolute atomic E-state index is 0.329. The van der Waals surface area contributed by atoms with Crippen LogP contribution in [0.25, 0.3) is 27.8 Å². The van der Waals surface area contributed by atoms with Gasteiger partial charge in [0, 0.05) is 55.5 Å². The molecule has 0 spiro atoms. The number of H-pyrrole nitrogens is 1. The zero-order chi connectivity index (χ0) is 24.6. The predicted molar refractivity (Wildman–Crippen MR) is 141 cm³/mol. The molecule has 0 bridgehead atoms. The first-order chi connectivity index (χ1) is 17.6. The molecule has 9 heteroatoms. The fourth-order valence-electron chi connectivity index (χ4n) is 5.76. The van der Waals surface area contributed by atoms with E-state index in [1.54, 1.807) is 18.0 Å². The highest BCUT2D eigenvalue weighted by Gasteiger charge is 2.25. The molecule has 9 nitrogen and oxygen atoms in total. The van der Waals surface area contributed by atoms with Crippen LogP contribution in [0.2, 0.25) is 0 Å². The van der Waals surface area contributed by atoms with E-state index in [-0.39, 0.29) is 0 Å². The summed E-state index contributed by atoms with van der Waals surface area (Å²) in [6, 6.07) is 5.49. The van der Waals surface area contributed by atoms with Crippen molar-refractivity contribution in [1.82, 2.24) is 29.9 Å². The zero-order valence-electron chi connectivity index (χ0n) is 21.3. The highest BCUT2D eigenvalue weighted by molar-refractivity contribution is 5.92. The first-order valence-corrected chi connectivity index (χ1v) is 13.1. The number of aromatic nitrogens is 5. The Morgan fingerprint density at radius 3 is 2.61 bits per heavy atom. The lowest BCUT2D eigenvalue weighted by Gasteiger charge is -2.36. The summed E-state index contributed by atoms with van der Waals surface area (Å²) in [4.78, 5) is 15.2. The maximum absolute atomic E-state index is 5.61. The molecular weight excluding hydrogens is 454 g/mol. The van der Waals surface area contributed by atoms with Crippen molar-refractivity contribution in [3.05, 3.63) is 36.4 Å². The third kappa shape index (κ3) is 4.30. The Balaban J connectivity index is 1.27. The van der Waals surface area contributed by atoms with Crippen LogP contribution in [0.3, 0.4) is 0 Å². The number of nitrogens with one attached hydrogen (secondary N) is 2. The van der Waals surface area contributed by atoms with Crippen LogP contribution in [0.1, 0.15) is 51.0 Å². The fourth-order valence-corrected chi connectivity index (χ4v) is 5.76. The van der Waals surface area contributed by atoms with Gasteiger partial charge in [0.1, 0.15) is 12.1 Å². The van der Waals surface area contributed by atoms with Gasteiger partial charge in [-0.1, -0.05) is 13.8 Å². The monoisotopic (exact) mass is 489 g/mol. The summed E-state index contributed by atoms with van der Waals surface area (Å²) in [5.41, 5.74) is 5.14. The molecule has 0 unspecified atom stereocenters. The van der Waals surface area contributed by atoms with E-state index in [1.165, 1.54) is 10.9 Å². The number of rotatable bonds is 6. The third-order valence-corrected chi connectivity index (χ3v) is 7.65. The highest BCUT2D eigenvalue weighted by Crippen LogP contribution is 2.38. The summed E-state index contributed by atoms with van der Waals surface area (Å²) in [5.74, 6) is 2.09. The van der Waals surface area contributed by atoms with Gasteiger partial charge in [-0.05, 0) is 49.3 Å². The number of ether oxygens (including phenoxy) is 2. The van der Waals surface area contributed by atoms with Crippen LogP contribution in [-0.4, -0.2) is 70.1 Å². The molecule has 2 N–H and O–H groups in total. The Morgan fingerprint density at radius 2 is 1.86 bits per heavy atom. The second kappa shape index (κ2) is 9.71. The van der Waals surface area contributed by atoms with Crippen LogP contribution in [-0.2, 0) is 4.74 Å². The van der Waals surface area contributed by atoms with E-state index in [9.17, 15) is 0 Å². The molecule has 0 saturated carbocycles. The lowest BCUT2D eigenvalue weighted by atomic mass is 9.96. The van der Waals surface area contributed by atoms with Gasteiger partial charge in [0.2, 0.25) is 0 Å². The first-order valence-electron chi connectivity index (χ1n) is 13.1. The minimum atomic E-state index is 0.329. The molecule has 2 aliphatic heterocycles. The molecule has 6 rings (SSSR count). The highest BCUT2D eigenvalue weighted by atomic mass is 16.5. The summed E-state index contributed by atoms with van der Waals surface area (Å²) in [6.07, 6.45) is 10.1. The molecule has 36 heavy (non-hydrogen) atoms. The smallest absolute Gasteiger partial charge is 0.197 e. The zero-order valence-corrected chi connectivity index (χ0v) is 21.3. The summed E-state index contributed by atoms with van der Waals surface area (Å²) < 4.78 is 12.9. The van der Waals surface area contributed by atoms with E-state index < -0.39 is 0 Å². The molecule has 2 aliphatic rings. The Kier molecular flexibility index (Phi) is 6.27. The van der Waals surface area contributed by atoms with Crippen molar-refractivity contribution in [1.29, 1.82) is 0 Å². The molecule has 6 heterocycles. The van der Waals surface area contributed by atoms with Crippen molar-refractivity contribution in [2.75, 3.05) is 38.3 Å². The van der Waals surface area contributed by atoms with Crippen molar-refractivity contribution in [2.45, 2.75) is 57.5 Å². The topological polar surface area (TPSA) is 92.6 Å². The van der Waals surface area contributed by atoms with Crippen LogP contribution >= 0.6 is 0 Å². The molecule has 2 saturated heterocycles. The van der Waals surface area contributed by atoms with Crippen molar-refractivity contribution in [2.24, 2.45) is 0 Å². The van der Waals surface area contributed by atoms with E-state index in [4.69, 9.17) is 14.5 Å². The molecule has 4 aromatic heterocycles. The van der Waals surface area contributed by atoms with Gasteiger partial charge in [-0.2, -0.15) is 5.10 Å². The Labute approximate surface area is 211 Å². The van der Waals surface area contributed by atoms with Gasteiger partial charge in [0.15, 0.2) is 11.4 Å². The average Bonchev–Trinajstić information content (AvgIpc) is 3.53. The van der Waals surface area contributed by atoms with Crippen LogP contribution in [0.5, 0.6) is 5.75 Å². The predicted octanol–water partition coefficient (Wildman–Crippen LogP) is 4.14. The van der Waals surface area contributed by atoms with Crippen molar-refractivity contribution in [3.63, 3.8) is 0 Å². The van der Waals surface area contributed by atoms with E-state index in [1.807, 2.05) is 18.5 Å². The van der Waals surface area contributed by atoms with Crippen LogP contribution in [0.15, 0.2) is 30.9 Å². The number of hydrogen-bond acceptors (Lipinski definition) is 7. The van der Waals surface area contributed by atoms with E-state index in [0.717, 1.165) is 74.6 Å². The van der Waals surface area contributed by atoms with Crippen LogP contribution in [0.4, 0.5) is 5.82 Å². The minimum Gasteiger partial charge on any atom is -0.493 e. The first kappa shape index (κ1) is 23.2. The number of piperidine rings is 1. The van der Waals surface area contributed by atoms with Crippen molar-refractivity contribution < 1.29 is 9.47 Å². The van der Waals surface area contributed by atoms with Crippen LogP contribution < -0.4 is 15.0 Å². The van der Waals surface area contributed by atoms with Gasteiger partial charge in [0.05, 0.1) is 24.5 Å². The van der Waals surface area contributed by atoms with Crippen molar-refractivity contribution >= 4 is 22.4 Å². The summed E-state index contributed by atoms with van der Waals surface area (Å²) in [7, 11) is 1.67. The normalized spacial score (nSPS) is 18.1. The number of nitrogens with zero attached hydrogens (tertiary/aromatic N) is 5. The van der Waals surface area contributed by atoms with Gasteiger partial charge in [-0.25, -0.2) is 14.5 Å². The lowest BCUT2D eigenvalue weighted by Crippen LogP contribution is -2.47. The Bertz CT molecular complexity index is 1350. The summed E-state index contributed by atoms with van der Waals surface area (Å²) in [5, 5.41) is 9.44. The molecule has 2 fully saturated rings. The number of anilines is 1. The molecule has 0 radical (unpaired) electrons. The number of pyridine rings is 2. The summed E-state index contributed by atoms with van der Waals surface area (Å²) in [6.45, 7) is 8.30. The molecule has 0 atom stereocenters. The second-order valence-corrected chi connectivity index (χ2v) is 10.3. The second-order valence-electron chi connectivity index (χ2n) is 10.3. The van der Waals surface area contributed by atoms with Gasteiger partial charge in [-0.15, -0.1) is 0 Å². The Morgan fingerprint density at radius 1 is 1.08 bits per heavy atom. The largest absolute Gasteiger partial charge is 0.493 e. The van der Waals surface area contributed by atoms with Gasteiger partial charge < -0.3 is 24.7 Å². The number of methoxy groups -OCH3 is 1. The van der Waals surface area contributed by atoms with E-state index in [2.05, 4.69) is 45.2 Å². The molecule has 0 aromatic carbocycles. The van der Waals surface area contributed by atoms with E-state index >= 15 is 0 Å². The summed E-state index contributed by atoms with van der Waals surface area (Å²) >= 11 is 0. The molecular formula is C27H35N7O2. The van der Waals surface area contributed by atoms with Crippen LogP contribution in [0, 0.1) is 0 Å². The molecule has 0 amide bonds. The van der Waals surface area contributed by atoms with Gasteiger partial charge in [-0.3, -0.25) is 0 Å². The van der Waals surface area contributed by atoms with Crippen molar-refractivity contribution in [3.8, 4) is 17.0 Å². The maximum Gasteiger partial charge on any atom is 0.197 e. The SMILES string of the molecule is COc1cc(-c2[nH]c3cnc(N4CCC(NC5CCOCC5)CC4)cc3c2C(C)C)cn2ncnc12. The van der Waals surface area contributed by atoms with Gasteiger partial charge in [0.25, 0.3) is 0 Å². The third-order valence-electron chi connectivity index (χ3n) is 7.65. The number of hydrogen-bond donors (Lipinski definition) is 2. The average molecular weight is 490 g/mol. The fraction of sp³-hybridized carbons (Fsp3) is 0.519. The number of aromatic amines is 1. The quantitative estimate of drug-likeness (QED) is 0.420. The van der Waals surface area contributed by atoms with Gasteiger partial charge >= 0.3 is 0 Å². The lowest BCUT2D eigenvalue weighted by molar-refractivity contribution is 0.0738. The molecule has 190 valence electrons. The van der Waals surface area contributed by atoms with E-state index in [0.29, 0.717) is 29.4 Å².